The maximum absolute atomic E-state index is 9.88. The largest absolute Gasteiger partial charge is 0.508 e. The van der Waals surface area contributed by atoms with Gasteiger partial charge in [0.05, 0.1) is 5.52 Å². The maximum atomic E-state index is 9.88. The molecule has 21 heavy (non-hydrogen) atoms. The summed E-state index contributed by atoms with van der Waals surface area (Å²) in [6.07, 6.45) is 0. The van der Waals surface area contributed by atoms with Crippen LogP contribution in [0.15, 0.2) is 36.4 Å². The summed E-state index contributed by atoms with van der Waals surface area (Å²) in [6, 6.07) is 8.70. The number of phenolic OH excluding ortho intramolecular Hbond substituents is 2. The minimum atomic E-state index is -1.60. The number of halogens is 1. The van der Waals surface area contributed by atoms with Crippen LogP contribution in [0, 0.1) is 0 Å². The zero-order valence-corrected chi connectivity index (χ0v) is 11.4. The van der Waals surface area contributed by atoms with Gasteiger partial charge in [-0.2, -0.15) is 5.10 Å². The highest BCUT2D eigenvalue weighted by atomic mass is 35.5. The van der Waals surface area contributed by atoms with Gasteiger partial charge in [-0.25, -0.2) is 4.68 Å². The lowest BCUT2D eigenvalue weighted by Gasteiger charge is -2.05. The molecule has 0 amide bonds. The van der Waals surface area contributed by atoms with Gasteiger partial charge in [0.15, 0.2) is 0 Å². The highest BCUT2D eigenvalue weighted by molar-refractivity contribution is 6.59. The van der Waals surface area contributed by atoms with E-state index in [2.05, 4.69) is 5.10 Å². The van der Waals surface area contributed by atoms with Gasteiger partial charge in [0.2, 0.25) is 0 Å². The first kappa shape index (κ1) is 13.8. The molecule has 0 atom stereocenters. The number of hydrogen-bond donors (Lipinski definition) is 4. The van der Waals surface area contributed by atoms with Crippen LogP contribution in [0.4, 0.5) is 0 Å². The molecule has 4 N–H and O–H groups in total. The van der Waals surface area contributed by atoms with Crippen LogP contribution in [-0.2, 0) is 0 Å². The monoisotopic (exact) mass is 304 g/mol. The number of hydrogen-bond acceptors (Lipinski definition) is 5. The number of aromatic hydroxyl groups is 2. The van der Waals surface area contributed by atoms with Crippen LogP contribution in [0.1, 0.15) is 0 Å². The second-order valence-electron chi connectivity index (χ2n) is 4.53. The molecule has 8 heteroatoms. The van der Waals surface area contributed by atoms with Crippen LogP contribution >= 0.6 is 11.6 Å². The number of fused-ring (bicyclic) bond motifs is 1. The maximum Gasteiger partial charge on any atom is 0.488 e. The van der Waals surface area contributed by atoms with Gasteiger partial charge in [0, 0.05) is 11.5 Å². The molecule has 0 aliphatic carbocycles. The van der Waals surface area contributed by atoms with Gasteiger partial charge in [0.1, 0.15) is 22.3 Å². The first-order valence-electron chi connectivity index (χ1n) is 6.04. The lowest BCUT2D eigenvalue weighted by molar-refractivity contribution is 0.426. The van der Waals surface area contributed by atoms with E-state index >= 15 is 0 Å². The standard InChI is InChI=1S/C13H10BClN2O4/c15-13-9-5-7(14(20)21)1-3-10(9)16-17(13)11-4-2-8(18)6-12(11)19/h1-6,18-21H. The Bertz CT molecular complexity index is 834. The van der Waals surface area contributed by atoms with E-state index in [-0.39, 0.29) is 16.7 Å². The van der Waals surface area contributed by atoms with Crippen LogP contribution in [0.2, 0.25) is 5.15 Å². The first-order valence-corrected chi connectivity index (χ1v) is 6.42. The molecule has 0 aliphatic rings. The Morgan fingerprint density at radius 3 is 2.48 bits per heavy atom. The van der Waals surface area contributed by atoms with Crippen molar-refractivity contribution in [2.24, 2.45) is 0 Å². The van der Waals surface area contributed by atoms with E-state index < -0.39 is 7.12 Å². The molecular weight excluding hydrogens is 294 g/mol. The van der Waals surface area contributed by atoms with E-state index in [4.69, 9.17) is 11.6 Å². The molecule has 3 aromatic rings. The average Bonchev–Trinajstić information content (AvgIpc) is 2.75. The van der Waals surface area contributed by atoms with Gasteiger partial charge in [-0.15, -0.1) is 0 Å². The van der Waals surface area contributed by atoms with Crippen molar-refractivity contribution in [2.45, 2.75) is 0 Å². The lowest BCUT2D eigenvalue weighted by Crippen LogP contribution is -2.29. The quantitative estimate of drug-likeness (QED) is 0.524. The van der Waals surface area contributed by atoms with Crippen molar-refractivity contribution >= 4 is 35.1 Å². The van der Waals surface area contributed by atoms with Gasteiger partial charge >= 0.3 is 7.12 Å². The predicted octanol–water partition coefficient (Wildman–Crippen LogP) is 0.770. The predicted molar refractivity (Wildman–Crippen MR) is 79.2 cm³/mol. The van der Waals surface area contributed by atoms with Crippen molar-refractivity contribution in [3.8, 4) is 17.2 Å². The third kappa shape index (κ3) is 2.31. The minimum Gasteiger partial charge on any atom is -0.508 e. The Labute approximate surface area is 124 Å². The third-order valence-corrected chi connectivity index (χ3v) is 3.49. The van der Waals surface area contributed by atoms with Crippen molar-refractivity contribution in [1.82, 2.24) is 9.78 Å². The van der Waals surface area contributed by atoms with E-state index in [0.717, 1.165) is 0 Å². The second kappa shape index (κ2) is 4.96. The Balaban J connectivity index is 2.22. The van der Waals surface area contributed by atoms with E-state index in [1.807, 2.05) is 0 Å². The van der Waals surface area contributed by atoms with Crippen molar-refractivity contribution < 1.29 is 20.3 Å². The van der Waals surface area contributed by atoms with Crippen LogP contribution in [0.5, 0.6) is 11.5 Å². The van der Waals surface area contributed by atoms with E-state index in [1.165, 1.54) is 35.0 Å². The minimum absolute atomic E-state index is 0.0743. The molecule has 1 aromatic heterocycles. The van der Waals surface area contributed by atoms with E-state index in [1.54, 1.807) is 6.07 Å². The molecule has 2 aromatic carbocycles. The Morgan fingerprint density at radius 1 is 1.05 bits per heavy atom. The second-order valence-corrected chi connectivity index (χ2v) is 4.88. The molecule has 0 saturated heterocycles. The van der Waals surface area contributed by atoms with Gasteiger partial charge in [-0.3, -0.25) is 0 Å². The summed E-state index contributed by atoms with van der Waals surface area (Å²) in [5, 5.41) is 42.6. The summed E-state index contributed by atoms with van der Waals surface area (Å²) in [7, 11) is -1.60. The van der Waals surface area contributed by atoms with Crippen molar-refractivity contribution in [3.63, 3.8) is 0 Å². The zero-order valence-electron chi connectivity index (χ0n) is 10.6. The average molecular weight is 304 g/mol. The van der Waals surface area contributed by atoms with Crippen LogP contribution < -0.4 is 5.46 Å². The number of rotatable bonds is 2. The molecule has 1 heterocycles. The highest BCUT2D eigenvalue weighted by Crippen LogP contribution is 2.31. The van der Waals surface area contributed by atoms with Crippen LogP contribution in [-0.4, -0.2) is 37.2 Å². The molecule has 0 spiro atoms. The van der Waals surface area contributed by atoms with Crippen molar-refractivity contribution in [1.29, 1.82) is 0 Å². The summed E-state index contributed by atoms with van der Waals surface area (Å²) in [6.45, 7) is 0. The molecule has 106 valence electrons. The molecule has 0 saturated carbocycles. The van der Waals surface area contributed by atoms with Gasteiger partial charge < -0.3 is 20.3 Å². The lowest BCUT2D eigenvalue weighted by atomic mass is 9.80. The molecule has 0 fully saturated rings. The fourth-order valence-electron chi connectivity index (χ4n) is 2.08. The number of benzene rings is 2. The van der Waals surface area contributed by atoms with E-state index in [9.17, 15) is 20.3 Å². The molecule has 0 aliphatic heterocycles. The fraction of sp³-hybridized carbons (Fsp3) is 0. The van der Waals surface area contributed by atoms with E-state index in [0.29, 0.717) is 22.1 Å². The highest BCUT2D eigenvalue weighted by Gasteiger charge is 2.17. The normalized spacial score (nSPS) is 11.0. The van der Waals surface area contributed by atoms with Crippen molar-refractivity contribution in [3.05, 3.63) is 41.6 Å². The summed E-state index contributed by atoms with van der Waals surface area (Å²) >= 11 is 6.24. The molecular formula is C13H10BClN2O4. The first-order chi connectivity index (χ1) is 9.97. The summed E-state index contributed by atoms with van der Waals surface area (Å²) in [4.78, 5) is 0. The summed E-state index contributed by atoms with van der Waals surface area (Å²) in [5.41, 5.74) is 1.14. The van der Waals surface area contributed by atoms with Gasteiger partial charge in [-0.05, 0) is 29.7 Å². The Kier molecular flexibility index (Phi) is 3.25. The molecule has 0 unspecified atom stereocenters. The van der Waals surface area contributed by atoms with Crippen LogP contribution in [0.3, 0.4) is 0 Å². The fourth-order valence-corrected chi connectivity index (χ4v) is 2.36. The Morgan fingerprint density at radius 2 is 1.81 bits per heavy atom. The van der Waals surface area contributed by atoms with Gasteiger partial charge in [0.25, 0.3) is 0 Å². The molecule has 6 nitrogen and oxygen atoms in total. The topological polar surface area (TPSA) is 98.7 Å². The number of phenols is 2. The van der Waals surface area contributed by atoms with Crippen molar-refractivity contribution in [2.75, 3.05) is 0 Å². The number of nitrogens with zero attached hydrogens (tertiary/aromatic N) is 2. The molecule has 3 rings (SSSR count). The zero-order chi connectivity index (χ0) is 15.1. The SMILES string of the molecule is OB(O)c1ccc2nn(-c3ccc(O)cc3O)c(Cl)c2c1. The third-order valence-electron chi connectivity index (χ3n) is 3.12. The molecule has 0 bridgehead atoms. The molecule has 0 radical (unpaired) electrons. The van der Waals surface area contributed by atoms with Gasteiger partial charge in [-0.1, -0.05) is 17.7 Å². The summed E-state index contributed by atoms with van der Waals surface area (Å²) < 4.78 is 1.31. The summed E-state index contributed by atoms with van der Waals surface area (Å²) in [5.74, 6) is -0.248. The smallest absolute Gasteiger partial charge is 0.488 e. The van der Waals surface area contributed by atoms with Crippen LogP contribution in [0.25, 0.3) is 16.6 Å². The Hall–Kier alpha value is -2.22. The number of aromatic nitrogens is 2.